The van der Waals surface area contributed by atoms with Gasteiger partial charge in [0, 0.05) is 18.3 Å². The summed E-state index contributed by atoms with van der Waals surface area (Å²) < 4.78 is 6.95. The van der Waals surface area contributed by atoms with E-state index < -0.39 is 4.92 Å². The number of carbonyl (C=O) groups excluding carboxylic acids is 1. The molecule has 4 atom stereocenters. The molecule has 2 saturated carbocycles. The molecule has 1 aromatic carbocycles. The zero-order valence-corrected chi connectivity index (χ0v) is 15.8. The first-order valence-electron chi connectivity index (χ1n) is 9.72. The molecule has 8 nitrogen and oxygen atoms in total. The van der Waals surface area contributed by atoms with Crippen LogP contribution in [0.1, 0.15) is 43.1 Å². The summed E-state index contributed by atoms with van der Waals surface area (Å²) in [6.45, 7) is 2.07. The molecule has 28 heavy (non-hydrogen) atoms. The highest BCUT2D eigenvalue weighted by molar-refractivity contribution is 5.92. The normalized spacial score (nSPS) is 24.1. The van der Waals surface area contributed by atoms with Crippen LogP contribution in [0.5, 0.6) is 5.75 Å². The molecule has 0 radical (unpaired) electrons. The monoisotopic (exact) mass is 384 g/mol. The van der Waals surface area contributed by atoms with E-state index in [1.165, 1.54) is 42.5 Å². The lowest BCUT2D eigenvalue weighted by Gasteiger charge is -2.28. The summed E-state index contributed by atoms with van der Waals surface area (Å²) in [7, 11) is 0. The molecule has 2 aliphatic rings. The molecule has 1 heterocycles. The Morgan fingerprint density at radius 3 is 2.89 bits per heavy atom. The second kappa shape index (κ2) is 7.61. The largest absolute Gasteiger partial charge is 0.464 e. The summed E-state index contributed by atoms with van der Waals surface area (Å²) in [4.78, 5) is 23.1. The van der Waals surface area contributed by atoms with Crippen molar-refractivity contribution in [2.24, 2.45) is 17.8 Å². The molecule has 2 bridgehead atoms. The predicted molar refractivity (Wildman–Crippen MR) is 102 cm³/mol. The van der Waals surface area contributed by atoms with Gasteiger partial charge in [0.05, 0.1) is 4.92 Å². The van der Waals surface area contributed by atoms with Gasteiger partial charge in [-0.1, -0.05) is 18.6 Å². The Morgan fingerprint density at radius 1 is 1.36 bits per heavy atom. The smallest absolute Gasteiger partial charge is 0.311 e. The Hall–Kier alpha value is -2.90. The van der Waals surface area contributed by atoms with Crippen molar-refractivity contribution in [3.05, 3.63) is 52.3 Å². The van der Waals surface area contributed by atoms with Crippen LogP contribution in [-0.4, -0.2) is 26.7 Å². The molecule has 1 aromatic heterocycles. The molecule has 0 aliphatic heterocycles. The number of hydrogen-bond acceptors (Lipinski definition) is 5. The summed E-state index contributed by atoms with van der Waals surface area (Å²) in [5.74, 6) is 2.12. The maximum Gasteiger partial charge on any atom is 0.311 e. The Balaban J connectivity index is 1.34. The van der Waals surface area contributed by atoms with E-state index in [4.69, 9.17) is 4.74 Å². The minimum Gasteiger partial charge on any atom is -0.464 e. The first kappa shape index (κ1) is 18.5. The molecule has 148 valence electrons. The minimum absolute atomic E-state index is 0.0138. The third-order valence-corrected chi connectivity index (χ3v) is 6.08. The van der Waals surface area contributed by atoms with Crippen molar-refractivity contribution in [3.8, 4) is 5.75 Å². The van der Waals surface area contributed by atoms with Gasteiger partial charge in [-0.05, 0) is 56.1 Å². The second-order valence-electron chi connectivity index (χ2n) is 7.84. The van der Waals surface area contributed by atoms with Crippen LogP contribution in [0.25, 0.3) is 0 Å². The zero-order chi connectivity index (χ0) is 19.7. The van der Waals surface area contributed by atoms with Crippen molar-refractivity contribution in [2.45, 2.75) is 45.4 Å². The third-order valence-electron chi connectivity index (χ3n) is 6.08. The molecular weight excluding hydrogens is 360 g/mol. The zero-order valence-electron chi connectivity index (χ0n) is 15.8. The molecule has 8 heteroatoms. The highest BCUT2D eigenvalue weighted by Crippen LogP contribution is 2.49. The Kier molecular flexibility index (Phi) is 5.02. The maximum atomic E-state index is 12.5. The van der Waals surface area contributed by atoms with Crippen LogP contribution >= 0.6 is 0 Å². The fourth-order valence-electron chi connectivity index (χ4n) is 4.71. The van der Waals surface area contributed by atoms with E-state index in [2.05, 4.69) is 17.3 Å². The van der Waals surface area contributed by atoms with E-state index in [1.54, 1.807) is 24.4 Å². The molecule has 0 saturated heterocycles. The highest BCUT2D eigenvalue weighted by atomic mass is 16.6. The molecule has 2 aromatic rings. The van der Waals surface area contributed by atoms with Gasteiger partial charge >= 0.3 is 5.69 Å². The fraction of sp³-hybridized carbons (Fsp3) is 0.500. The molecule has 0 unspecified atom stereocenters. The number of nitro benzene ring substituents is 1. The average molecular weight is 384 g/mol. The number of para-hydroxylation sites is 2. The molecule has 2 aliphatic carbocycles. The lowest BCUT2D eigenvalue weighted by Crippen LogP contribution is -2.40. The van der Waals surface area contributed by atoms with Gasteiger partial charge in [-0.25, -0.2) is 4.68 Å². The van der Waals surface area contributed by atoms with Crippen molar-refractivity contribution in [3.63, 3.8) is 0 Å². The number of nitro groups is 1. The van der Waals surface area contributed by atoms with Gasteiger partial charge in [0.15, 0.2) is 12.5 Å². The van der Waals surface area contributed by atoms with Crippen LogP contribution in [0.2, 0.25) is 0 Å². The van der Waals surface area contributed by atoms with Crippen LogP contribution in [0.3, 0.4) is 0 Å². The molecule has 0 spiro atoms. The first-order chi connectivity index (χ1) is 13.5. The summed E-state index contributed by atoms with van der Waals surface area (Å²) >= 11 is 0. The number of amides is 1. The second-order valence-corrected chi connectivity index (χ2v) is 7.84. The quantitative estimate of drug-likeness (QED) is 0.583. The van der Waals surface area contributed by atoms with Crippen molar-refractivity contribution in [2.75, 3.05) is 0 Å². The number of rotatable bonds is 7. The molecule has 2 fully saturated rings. The number of aromatic nitrogens is 2. The summed E-state index contributed by atoms with van der Waals surface area (Å²) in [5, 5.41) is 18.4. The van der Waals surface area contributed by atoms with E-state index in [9.17, 15) is 14.9 Å². The predicted octanol–water partition coefficient (Wildman–Crippen LogP) is 3.38. The van der Waals surface area contributed by atoms with E-state index in [-0.39, 0.29) is 30.1 Å². The van der Waals surface area contributed by atoms with E-state index in [1.807, 2.05) is 0 Å². The highest BCUT2D eigenvalue weighted by Gasteiger charge is 2.42. The number of nitrogens with one attached hydrogen (secondary N) is 1. The van der Waals surface area contributed by atoms with E-state index >= 15 is 0 Å². The Bertz CT molecular complexity index is 881. The summed E-state index contributed by atoms with van der Waals surface area (Å²) in [6.07, 6.45) is 6.78. The van der Waals surface area contributed by atoms with Gasteiger partial charge in [-0.3, -0.25) is 14.9 Å². The maximum absolute atomic E-state index is 12.5. The van der Waals surface area contributed by atoms with Gasteiger partial charge in [0.25, 0.3) is 5.91 Å². The van der Waals surface area contributed by atoms with Gasteiger partial charge < -0.3 is 10.1 Å². The lowest BCUT2D eigenvalue weighted by molar-refractivity contribution is -0.386. The van der Waals surface area contributed by atoms with Crippen LogP contribution in [0.4, 0.5) is 5.69 Å². The summed E-state index contributed by atoms with van der Waals surface area (Å²) in [5.41, 5.74) is 0.216. The number of benzene rings is 1. The van der Waals surface area contributed by atoms with Gasteiger partial charge in [-0.15, -0.1) is 0 Å². The van der Waals surface area contributed by atoms with Gasteiger partial charge in [0.2, 0.25) is 0 Å². The van der Waals surface area contributed by atoms with Crippen LogP contribution in [0, 0.1) is 27.9 Å². The van der Waals surface area contributed by atoms with Crippen LogP contribution in [-0.2, 0) is 6.73 Å². The van der Waals surface area contributed by atoms with Gasteiger partial charge in [0.1, 0.15) is 5.69 Å². The van der Waals surface area contributed by atoms with Crippen LogP contribution in [0.15, 0.2) is 36.5 Å². The molecular formula is C20H24N4O4. The standard InChI is InChI=1S/C20H24N4O4/c1-13(16-11-14-6-7-15(16)10-14)21-20(25)17-8-9-23(22-17)12-28-19-5-3-2-4-18(19)24(26)27/h2-5,8-9,13-16H,6-7,10-12H2,1H3,(H,21,25)/t13-,14-,15-,16-/m0/s1. The lowest BCUT2D eigenvalue weighted by atomic mass is 9.84. The number of hydrogen-bond donors (Lipinski definition) is 1. The molecule has 1 N–H and O–H groups in total. The number of nitrogens with zero attached hydrogens (tertiary/aromatic N) is 3. The number of ether oxygens (including phenoxy) is 1. The van der Waals surface area contributed by atoms with Crippen molar-refractivity contribution < 1.29 is 14.5 Å². The van der Waals surface area contributed by atoms with E-state index in [0.717, 1.165) is 11.8 Å². The third kappa shape index (κ3) is 3.72. The van der Waals surface area contributed by atoms with Gasteiger partial charge in [-0.2, -0.15) is 5.10 Å². The van der Waals surface area contributed by atoms with E-state index in [0.29, 0.717) is 11.6 Å². The first-order valence-corrected chi connectivity index (χ1v) is 9.72. The molecule has 4 rings (SSSR count). The Labute approximate surface area is 163 Å². The Morgan fingerprint density at radius 2 is 2.18 bits per heavy atom. The van der Waals surface area contributed by atoms with Crippen molar-refractivity contribution >= 4 is 11.6 Å². The molecule has 1 amide bonds. The van der Waals surface area contributed by atoms with Crippen molar-refractivity contribution in [1.29, 1.82) is 0 Å². The number of carbonyl (C=O) groups is 1. The van der Waals surface area contributed by atoms with Crippen molar-refractivity contribution in [1.82, 2.24) is 15.1 Å². The fourth-order valence-corrected chi connectivity index (χ4v) is 4.71. The number of fused-ring (bicyclic) bond motifs is 2. The van der Waals surface area contributed by atoms with Crippen LogP contribution < -0.4 is 10.1 Å². The summed E-state index contributed by atoms with van der Waals surface area (Å²) in [6, 6.07) is 7.93. The minimum atomic E-state index is -0.492. The SMILES string of the molecule is C[C@H](NC(=O)c1ccn(COc2ccccc2[N+](=O)[O-])n1)[C@@H]1C[C@H]2CC[C@H]1C2. The average Bonchev–Trinajstić information content (AvgIpc) is 3.43. The topological polar surface area (TPSA) is 99.3 Å².